The zero-order chi connectivity index (χ0) is 18.4. The first kappa shape index (κ1) is 20.1. The molecule has 0 amide bonds. The molecule has 8 heteroatoms. The molecule has 0 N–H and O–H groups in total. The van der Waals surface area contributed by atoms with E-state index < -0.39 is 0 Å². The van der Waals surface area contributed by atoms with E-state index in [9.17, 15) is 9.59 Å². The summed E-state index contributed by atoms with van der Waals surface area (Å²) in [6, 6.07) is 9.17. The van der Waals surface area contributed by atoms with Crippen LogP contribution >= 0.6 is 11.3 Å². The number of para-hydroxylation sites is 1. The molecule has 0 saturated carbocycles. The van der Waals surface area contributed by atoms with Crippen molar-refractivity contribution in [3.05, 3.63) is 56.7 Å². The minimum atomic E-state index is -0.227. The number of aromatic nitrogens is 4. The van der Waals surface area contributed by atoms with Crippen LogP contribution in [0.3, 0.4) is 0 Å². The Kier molecular flexibility index (Phi) is 5.76. The van der Waals surface area contributed by atoms with Crippen molar-refractivity contribution in [2.45, 2.75) is 33.7 Å². The Hall–Kier alpha value is -1.67. The summed E-state index contributed by atoms with van der Waals surface area (Å²) >= 11 is 1.41. The molecule has 1 aromatic carbocycles. The van der Waals surface area contributed by atoms with Crippen molar-refractivity contribution >= 4 is 32.5 Å². The molecule has 3 aromatic heterocycles. The first-order valence-corrected chi connectivity index (χ1v) is 9.47. The molecule has 0 saturated heterocycles. The van der Waals surface area contributed by atoms with Crippen LogP contribution in [-0.4, -0.2) is 14.2 Å². The fraction of sp³-hybridized carbons (Fsp3) is 0.316. The number of rotatable bonds is 4. The van der Waals surface area contributed by atoms with Crippen molar-refractivity contribution in [2.75, 3.05) is 0 Å². The van der Waals surface area contributed by atoms with Gasteiger partial charge in [-0.1, -0.05) is 43.7 Å². The smallest absolute Gasteiger partial charge is 0.585 e. The zero-order valence-corrected chi connectivity index (χ0v) is 18.7. The Balaban J connectivity index is 0.00000210. The predicted molar refractivity (Wildman–Crippen MR) is 104 cm³/mol. The summed E-state index contributed by atoms with van der Waals surface area (Å²) in [5, 5.41) is 5.39. The van der Waals surface area contributed by atoms with Crippen LogP contribution in [0.2, 0.25) is 0 Å². The molecule has 4 aromatic rings. The van der Waals surface area contributed by atoms with Gasteiger partial charge < -0.3 is 14.3 Å². The van der Waals surface area contributed by atoms with E-state index in [1.807, 2.05) is 31.2 Å². The number of thiazole rings is 1. The van der Waals surface area contributed by atoms with E-state index in [0.29, 0.717) is 34.2 Å². The fourth-order valence-electron chi connectivity index (χ4n) is 3.10. The van der Waals surface area contributed by atoms with Crippen molar-refractivity contribution in [1.82, 2.24) is 19.3 Å². The van der Waals surface area contributed by atoms with Gasteiger partial charge in [0.2, 0.25) is 11.1 Å². The van der Waals surface area contributed by atoms with Gasteiger partial charge >= 0.3 is 29.6 Å². The van der Waals surface area contributed by atoms with E-state index >= 15 is 0 Å². The molecule has 0 aliphatic heterocycles. The summed E-state index contributed by atoms with van der Waals surface area (Å²) < 4.78 is 3.99. The second-order valence-corrected chi connectivity index (χ2v) is 7.64. The SMILES string of the molecule is CCC(C)Cn1c(C)c2c(=O)n(-c3nc4ccccc4s3)[n-]c2cc1=O.[Na+]. The van der Waals surface area contributed by atoms with Crippen molar-refractivity contribution in [2.24, 2.45) is 5.92 Å². The van der Waals surface area contributed by atoms with Gasteiger partial charge in [-0.3, -0.25) is 9.59 Å². The van der Waals surface area contributed by atoms with Crippen LogP contribution in [0, 0.1) is 12.8 Å². The Morgan fingerprint density at radius 1 is 1.26 bits per heavy atom. The molecule has 3 heterocycles. The molecule has 0 bridgehead atoms. The van der Waals surface area contributed by atoms with Gasteiger partial charge in [-0.15, -0.1) is 5.52 Å². The Bertz CT molecular complexity index is 1200. The van der Waals surface area contributed by atoms with Crippen LogP contribution in [0.1, 0.15) is 26.0 Å². The fourth-order valence-corrected chi connectivity index (χ4v) is 4.02. The van der Waals surface area contributed by atoms with Gasteiger partial charge in [-0.05, 0) is 31.0 Å². The Morgan fingerprint density at radius 2 is 2.00 bits per heavy atom. The quantitative estimate of drug-likeness (QED) is 0.463. The van der Waals surface area contributed by atoms with Crippen molar-refractivity contribution in [3.8, 4) is 5.13 Å². The molecule has 4 rings (SSSR count). The minimum Gasteiger partial charge on any atom is -0.585 e. The summed E-state index contributed by atoms with van der Waals surface area (Å²) in [6.07, 6.45) is 0.971. The summed E-state index contributed by atoms with van der Waals surface area (Å²) in [4.78, 5) is 30.0. The first-order valence-electron chi connectivity index (χ1n) is 8.65. The normalized spacial score (nSPS) is 12.4. The molecule has 0 aliphatic carbocycles. The molecule has 0 aliphatic rings. The van der Waals surface area contributed by atoms with Crippen molar-refractivity contribution in [1.29, 1.82) is 0 Å². The van der Waals surface area contributed by atoms with Gasteiger partial charge in [-0.25, -0.2) is 4.98 Å². The second-order valence-electron chi connectivity index (χ2n) is 6.63. The first-order chi connectivity index (χ1) is 12.5. The van der Waals surface area contributed by atoms with Crippen LogP contribution in [0.5, 0.6) is 0 Å². The van der Waals surface area contributed by atoms with E-state index in [2.05, 4.69) is 23.9 Å². The van der Waals surface area contributed by atoms with Crippen LogP contribution < -0.4 is 45.8 Å². The van der Waals surface area contributed by atoms with Crippen molar-refractivity contribution in [3.63, 3.8) is 0 Å². The molecular formula is C19H19N4NaO2S. The van der Waals surface area contributed by atoms with E-state index in [4.69, 9.17) is 0 Å². The average molecular weight is 390 g/mol. The largest absolute Gasteiger partial charge is 1.00 e. The third-order valence-corrected chi connectivity index (χ3v) is 5.83. The number of aryl methyl sites for hydroxylation is 1. The predicted octanol–water partition coefficient (Wildman–Crippen LogP) is 0.0778. The topological polar surface area (TPSA) is 71.0 Å². The number of hydrogen-bond donors (Lipinski definition) is 0. The monoisotopic (exact) mass is 390 g/mol. The molecule has 1 atom stereocenters. The minimum absolute atomic E-state index is 0. The van der Waals surface area contributed by atoms with Crippen LogP contribution in [-0.2, 0) is 6.54 Å². The number of benzene rings is 1. The maximum atomic E-state index is 13.0. The molecule has 0 spiro atoms. The summed E-state index contributed by atoms with van der Waals surface area (Å²) in [6.45, 7) is 6.60. The standard InChI is InChI=1S/C19H20N4O2S.Na/c1-4-11(2)10-22-12(3)17-14(9-16(22)24)21-23(18(17)25)19-20-13-7-5-6-8-15(13)26-19;/h5-9,11H,4,10H2,1-3H3,(H,21,24);/q;+1/p-1. The van der Waals surface area contributed by atoms with Gasteiger partial charge in [0.25, 0.3) is 0 Å². The maximum absolute atomic E-state index is 13.0. The van der Waals surface area contributed by atoms with Crippen LogP contribution in [0.25, 0.3) is 26.3 Å². The van der Waals surface area contributed by atoms with Gasteiger partial charge in [-0.2, -0.15) is 0 Å². The third-order valence-electron chi connectivity index (χ3n) is 4.82. The number of fused-ring (bicyclic) bond motifs is 2. The summed E-state index contributed by atoms with van der Waals surface area (Å²) in [7, 11) is 0. The molecule has 27 heavy (non-hydrogen) atoms. The third kappa shape index (κ3) is 3.45. The number of pyridine rings is 1. The van der Waals surface area contributed by atoms with E-state index in [-0.39, 0.29) is 40.7 Å². The van der Waals surface area contributed by atoms with E-state index in [1.54, 1.807) is 4.57 Å². The molecule has 134 valence electrons. The average Bonchev–Trinajstić information content (AvgIpc) is 3.19. The van der Waals surface area contributed by atoms with Gasteiger partial charge in [0, 0.05) is 17.6 Å². The van der Waals surface area contributed by atoms with E-state index in [1.165, 1.54) is 22.1 Å². The van der Waals surface area contributed by atoms with Crippen LogP contribution in [0.4, 0.5) is 0 Å². The molecule has 6 nitrogen and oxygen atoms in total. The molecule has 0 radical (unpaired) electrons. The maximum Gasteiger partial charge on any atom is 1.00 e. The zero-order valence-electron chi connectivity index (χ0n) is 15.9. The van der Waals surface area contributed by atoms with E-state index in [0.717, 1.165) is 16.6 Å². The van der Waals surface area contributed by atoms with Gasteiger partial charge in [0.05, 0.1) is 10.2 Å². The van der Waals surface area contributed by atoms with Gasteiger partial charge in [0.15, 0.2) is 5.13 Å². The number of nitrogens with zero attached hydrogens (tertiary/aromatic N) is 4. The molecular weight excluding hydrogens is 371 g/mol. The summed E-state index contributed by atoms with van der Waals surface area (Å²) in [5.74, 6) is 0.359. The Labute approximate surface area is 182 Å². The molecule has 0 fully saturated rings. The second kappa shape index (κ2) is 7.75. The van der Waals surface area contributed by atoms with Crippen LogP contribution in [0.15, 0.2) is 39.9 Å². The Morgan fingerprint density at radius 3 is 2.70 bits per heavy atom. The molecule has 1 unspecified atom stereocenters. The van der Waals surface area contributed by atoms with Gasteiger partial charge in [0.1, 0.15) is 0 Å². The summed E-state index contributed by atoms with van der Waals surface area (Å²) in [5.41, 5.74) is 1.58. The van der Waals surface area contributed by atoms with Crippen molar-refractivity contribution < 1.29 is 29.6 Å². The number of hydrogen-bond acceptors (Lipinski definition) is 4.